The monoisotopic (exact) mass is 355 g/mol. The molecule has 5 nitrogen and oxygen atoms in total. The number of thioether (sulfide) groups is 1. The highest BCUT2D eigenvalue weighted by Crippen LogP contribution is 2.36. The maximum atomic E-state index is 12.6. The first kappa shape index (κ1) is 17.5. The smallest absolute Gasteiger partial charge is 0.244 e. The number of nitrogens with one attached hydrogen (secondary N) is 1. The van der Waals surface area contributed by atoms with Crippen LogP contribution in [0.5, 0.6) is 0 Å². The van der Waals surface area contributed by atoms with Crippen molar-refractivity contribution in [2.75, 3.05) is 22.5 Å². The standard InChI is InChI=1S/C19H21N3O2S/c1-4-14-7-5-6-8-15(14)21-16(23)10-22-17(24)11-25-19-18(22)12(2)9-13(3)20-19/h5-9H,4,10-11H2,1-3H3,(H,21,23). The van der Waals surface area contributed by atoms with E-state index in [9.17, 15) is 9.59 Å². The van der Waals surface area contributed by atoms with Crippen LogP contribution in [0.25, 0.3) is 0 Å². The van der Waals surface area contributed by atoms with Crippen molar-refractivity contribution in [3.8, 4) is 0 Å². The van der Waals surface area contributed by atoms with Gasteiger partial charge in [-0.25, -0.2) is 4.98 Å². The van der Waals surface area contributed by atoms with Crippen molar-refractivity contribution in [1.29, 1.82) is 0 Å². The third-order valence-electron chi connectivity index (χ3n) is 4.16. The van der Waals surface area contributed by atoms with Crippen LogP contribution in [0.15, 0.2) is 35.4 Å². The highest BCUT2D eigenvalue weighted by atomic mass is 32.2. The fourth-order valence-electron chi connectivity index (χ4n) is 3.01. The quantitative estimate of drug-likeness (QED) is 0.914. The van der Waals surface area contributed by atoms with E-state index in [0.29, 0.717) is 5.75 Å². The lowest BCUT2D eigenvalue weighted by Crippen LogP contribution is -2.42. The molecule has 0 spiro atoms. The summed E-state index contributed by atoms with van der Waals surface area (Å²) in [6.45, 7) is 5.92. The SMILES string of the molecule is CCc1ccccc1NC(=O)CN1C(=O)CSc2nc(C)cc(C)c21. The molecular weight excluding hydrogens is 334 g/mol. The van der Waals surface area contributed by atoms with Crippen molar-refractivity contribution in [2.24, 2.45) is 0 Å². The number of aryl methyl sites for hydroxylation is 3. The van der Waals surface area contributed by atoms with Crippen molar-refractivity contribution in [3.63, 3.8) is 0 Å². The van der Waals surface area contributed by atoms with Gasteiger partial charge in [-0.05, 0) is 43.5 Å². The molecule has 1 N–H and O–H groups in total. The molecule has 130 valence electrons. The predicted octanol–water partition coefficient (Wildman–Crippen LogP) is 3.34. The Morgan fingerprint density at radius 1 is 1.32 bits per heavy atom. The van der Waals surface area contributed by atoms with Gasteiger partial charge in [0.25, 0.3) is 0 Å². The van der Waals surface area contributed by atoms with Gasteiger partial charge in [-0.2, -0.15) is 0 Å². The van der Waals surface area contributed by atoms with Crippen molar-refractivity contribution >= 4 is 35.0 Å². The van der Waals surface area contributed by atoms with Crippen LogP contribution in [0.2, 0.25) is 0 Å². The minimum atomic E-state index is -0.202. The Kier molecular flexibility index (Phi) is 5.08. The Hall–Kier alpha value is -2.34. The van der Waals surface area contributed by atoms with Gasteiger partial charge in [0, 0.05) is 11.4 Å². The number of rotatable bonds is 4. The molecule has 2 aromatic rings. The lowest BCUT2D eigenvalue weighted by molar-refractivity contribution is -0.120. The Morgan fingerprint density at radius 3 is 2.84 bits per heavy atom. The highest BCUT2D eigenvalue weighted by molar-refractivity contribution is 8.00. The lowest BCUT2D eigenvalue weighted by Gasteiger charge is -2.29. The van der Waals surface area contributed by atoms with Gasteiger partial charge in [-0.3, -0.25) is 14.5 Å². The van der Waals surface area contributed by atoms with Crippen LogP contribution < -0.4 is 10.2 Å². The third-order valence-corrected chi connectivity index (χ3v) is 5.11. The molecule has 2 amide bonds. The average molecular weight is 355 g/mol. The predicted molar refractivity (Wildman–Crippen MR) is 101 cm³/mol. The van der Waals surface area contributed by atoms with E-state index in [-0.39, 0.29) is 18.4 Å². The van der Waals surface area contributed by atoms with Gasteiger partial charge >= 0.3 is 0 Å². The zero-order valence-corrected chi connectivity index (χ0v) is 15.4. The van der Waals surface area contributed by atoms with Crippen LogP contribution in [-0.4, -0.2) is 29.1 Å². The van der Waals surface area contributed by atoms with Crippen molar-refractivity contribution in [2.45, 2.75) is 32.2 Å². The van der Waals surface area contributed by atoms with E-state index in [1.165, 1.54) is 11.8 Å². The molecule has 1 aliphatic rings. The molecule has 0 atom stereocenters. The molecule has 0 saturated carbocycles. The van der Waals surface area contributed by atoms with Gasteiger partial charge in [0.05, 0.1) is 11.4 Å². The van der Waals surface area contributed by atoms with Crippen LogP contribution in [0.3, 0.4) is 0 Å². The summed E-state index contributed by atoms with van der Waals surface area (Å²) in [4.78, 5) is 31.0. The van der Waals surface area contributed by atoms with Crippen LogP contribution in [0.4, 0.5) is 11.4 Å². The molecule has 0 radical (unpaired) electrons. The van der Waals surface area contributed by atoms with E-state index in [1.807, 2.05) is 51.1 Å². The number of hydrogen-bond donors (Lipinski definition) is 1. The Morgan fingerprint density at radius 2 is 2.08 bits per heavy atom. The summed E-state index contributed by atoms with van der Waals surface area (Å²) in [6, 6.07) is 9.66. The number of aromatic nitrogens is 1. The number of pyridine rings is 1. The number of carbonyl (C=O) groups is 2. The van der Waals surface area contributed by atoms with Crippen LogP contribution in [0.1, 0.15) is 23.7 Å². The van der Waals surface area contributed by atoms with Gasteiger partial charge in [0.15, 0.2) is 0 Å². The topological polar surface area (TPSA) is 62.3 Å². The van der Waals surface area contributed by atoms with E-state index in [0.717, 1.165) is 39.6 Å². The molecular formula is C19H21N3O2S. The molecule has 2 heterocycles. The molecule has 0 saturated heterocycles. The molecule has 0 fully saturated rings. The average Bonchev–Trinajstić information content (AvgIpc) is 2.57. The molecule has 25 heavy (non-hydrogen) atoms. The van der Waals surface area contributed by atoms with Crippen molar-refractivity contribution in [3.05, 3.63) is 47.2 Å². The molecule has 1 aliphatic heterocycles. The molecule has 0 unspecified atom stereocenters. The Labute approximate surface area is 151 Å². The Balaban J connectivity index is 1.83. The normalized spacial score (nSPS) is 13.6. The lowest BCUT2D eigenvalue weighted by atomic mass is 10.1. The van der Waals surface area contributed by atoms with Crippen LogP contribution >= 0.6 is 11.8 Å². The summed E-state index contributed by atoms with van der Waals surface area (Å²) in [7, 11) is 0. The van der Waals surface area contributed by atoms with Crippen molar-refractivity contribution in [1.82, 2.24) is 4.98 Å². The number of para-hydroxylation sites is 1. The second-order valence-corrected chi connectivity index (χ2v) is 7.03. The largest absolute Gasteiger partial charge is 0.324 e. The van der Waals surface area contributed by atoms with Crippen LogP contribution in [0, 0.1) is 13.8 Å². The molecule has 6 heteroatoms. The van der Waals surface area contributed by atoms with Crippen LogP contribution in [-0.2, 0) is 16.0 Å². The second kappa shape index (κ2) is 7.27. The molecule has 1 aromatic heterocycles. The third kappa shape index (κ3) is 3.69. The maximum Gasteiger partial charge on any atom is 0.244 e. The molecule has 0 aliphatic carbocycles. The molecule has 0 bridgehead atoms. The van der Waals surface area contributed by atoms with E-state index >= 15 is 0 Å². The van der Waals surface area contributed by atoms with E-state index < -0.39 is 0 Å². The van der Waals surface area contributed by atoms with Crippen molar-refractivity contribution < 1.29 is 9.59 Å². The van der Waals surface area contributed by atoms with E-state index in [2.05, 4.69) is 10.3 Å². The zero-order valence-electron chi connectivity index (χ0n) is 14.6. The molecule has 1 aromatic carbocycles. The van der Waals surface area contributed by atoms with Gasteiger partial charge in [-0.15, -0.1) is 0 Å². The highest BCUT2D eigenvalue weighted by Gasteiger charge is 2.29. The van der Waals surface area contributed by atoms with Gasteiger partial charge in [-0.1, -0.05) is 36.9 Å². The number of nitrogens with zero attached hydrogens (tertiary/aromatic N) is 2. The van der Waals surface area contributed by atoms with E-state index in [1.54, 1.807) is 4.90 Å². The summed E-state index contributed by atoms with van der Waals surface area (Å²) in [5.74, 6) is 0.0408. The zero-order chi connectivity index (χ0) is 18.0. The summed E-state index contributed by atoms with van der Waals surface area (Å²) >= 11 is 1.43. The Bertz CT molecular complexity index is 835. The first-order chi connectivity index (χ1) is 12.0. The number of carbonyl (C=O) groups excluding carboxylic acids is 2. The maximum absolute atomic E-state index is 12.6. The summed E-state index contributed by atoms with van der Waals surface area (Å²) in [5, 5.41) is 3.75. The number of amides is 2. The number of fused-ring (bicyclic) bond motifs is 1. The molecule has 3 rings (SSSR count). The summed E-state index contributed by atoms with van der Waals surface area (Å²) in [6.07, 6.45) is 0.834. The number of hydrogen-bond acceptors (Lipinski definition) is 4. The number of benzene rings is 1. The summed E-state index contributed by atoms with van der Waals surface area (Å²) in [5.41, 5.74) is 4.51. The fraction of sp³-hybridized carbons (Fsp3) is 0.316. The minimum absolute atomic E-state index is 0.00395. The van der Waals surface area contributed by atoms with Gasteiger partial charge < -0.3 is 5.32 Å². The van der Waals surface area contributed by atoms with Gasteiger partial charge in [0.1, 0.15) is 11.6 Å². The second-order valence-electron chi connectivity index (χ2n) is 6.06. The first-order valence-electron chi connectivity index (χ1n) is 8.28. The van der Waals surface area contributed by atoms with Gasteiger partial charge in [0.2, 0.25) is 11.8 Å². The summed E-state index contributed by atoms with van der Waals surface area (Å²) < 4.78 is 0. The first-order valence-corrected chi connectivity index (χ1v) is 9.27. The minimum Gasteiger partial charge on any atom is -0.324 e. The van der Waals surface area contributed by atoms with E-state index in [4.69, 9.17) is 0 Å². The number of anilines is 2. The fourth-order valence-corrected chi connectivity index (χ4v) is 4.04.